The lowest BCUT2D eigenvalue weighted by Crippen LogP contribution is -2.48. The van der Waals surface area contributed by atoms with Crippen LogP contribution < -0.4 is 21.1 Å². The van der Waals surface area contributed by atoms with Crippen LogP contribution in [0.25, 0.3) is 22.3 Å². The Kier molecular flexibility index (Phi) is 5.36. The van der Waals surface area contributed by atoms with Crippen LogP contribution in [0.4, 0.5) is 11.8 Å². The number of fused-ring (bicyclic) bond motifs is 1. The summed E-state index contributed by atoms with van der Waals surface area (Å²) in [6, 6.07) is 2.04. The van der Waals surface area contributed by atoms with E-state index in [-0.39, 0.29) is 17.0 Å². The molecule has 1 saturated heterocycles. The van der Waals surface area contributed by atoms with Crippen molar-refractivity contribution in [1.29, 1.82) is 0 Å². The molecule has 176 valence electrons. The second-order valence-corrected chi connectivity index (χ2v) is 10.3. The van der Waals surface area contributed by atoms with Gasteiger partial charge in [0.05, 0.1) is 5.02 Å². The number of nitrogens with two attached hydrogens (primary N) is 1. The van der Waals surface area contributed by atoms with Crippen LogP contribution in [0.1, 0.15) is 32.6 Å². The maximum atomic E-state index is 13.5. The number of anilines is 2. The summed E-state index contributed by atoms with van der Waals surface area (Å²) in [5, 5.41) is 8.26. The first-order valence-electron chi connectivity index (χ1n) is 11.5. The van der Waals surface area contributed by atoms with Gasteiger partial charge in [0.25, 0.3) is 5.56 Å². The maximum absolute atomic E-state index is 13.5. The van der Waals surface area contributed by atoms with Gasteiger partial charge in [0.1, 0.15) is 16.9 Å². The first kappa shape index (κ1) is 22.2. The van der Waals surface area contributed by atoms with Gasteiger partial charge in [0, 0.05) is 52.0 Å². The van der Waals surface area contributed by atoms with Crippen molar-refractivity contribution in [3.05, 3.63) is 27.6 Å². The number of H-pyrrole nitrogens is 1. The highest BCUT2D eigenvalue weighted by atomic mass is 35.5. The van der Waals surface area contributed by atoms with Crippen molar-refractivity contribution in [2.24, 2.45) is 24.1 Å². The van der Waals surface area contributed by atoms with Crippen LogP contribution in [0.5, 0.6) is 0 Å². The summed E-state index contributed by atoms with van der Waals surface area (Å²) < 4.78 is 1.62. The number of hydrogen-bond donors (Lipinski definition) is 2. The van der Waals surface area contributed by atoms with Gasteiger partial charge < -0.3 is 15.5 Å². The highest BCUT2D eigenvalue weighted by Gasteiger charge is 2.46. The molecule has 1 saturated carbocycles. The van der Waals surface area contributed by atoms with Crippen molar-refractivity contribution in [2.75, 3.05) is 37.0 Å². The summed E-state index contributed by atoms with van der Waals surface area (Å²) in [6.45, 7) is 3.98. The van der Waals surface area contributed by atoms with E-state index in [1.165, 1.54) is 6.42 Å². The fourth-order valence-corrected chi connectivity index (χ4v) is 6.16. The standard InChI is InChI=1S/C23H31ClN8O/c1-13-11-15(25)23(12-13)6-9-32(10-7-23)22-27-19-16(21(33)31(22)4)18(28-29-19)14-5-8-26-20(17(14)24)30(2)3/h5,8,13,15H,6-7,9-12,25H2,1-4H3,(H,28,29)/t13-,15+/m0/s1. The number of nitrogens with zero attached hydrogens (tertiary/aromatic N) is 6. The molecule has 2 atom stereocenters. The largest absolute Gasteiger partial charge is 0.361 e. The molecule has 2 fully saturated rings. The topological polar surface area (TPSA) is 109 Å². The minimum absolute atomic E-state index is 0.149. The van der Waals surface area contributed by atoms with Gasteiger partial charge in [0.15, 0.2) is 5.65 Å². The van der Waals surface area contributed by atoms with Gasteiger partial charge in [-0.3, -0.25) is 14.5 Å². The van der Waals surface area contributed by atoms with Gasteiger partial charge in [-0.1, -0.05) is 18.5 Å². The normalized spacial score (nSPS) is 22.4. The van der Waals surface area contributed by atoms with E-state index >= 15 is 0 Å². The van der Waals surface area contributed by atoms with Crippen molar-refractivity contribution in [3.63, 3.8) is 0 Å². The molecule has 5 rings (SSSR count). The van der Waals surface area contributed by atoms with Crippen LogP contribution in [0.15, 0.2) is 17.1 Å². The second-order valence-electron chi connectivity index (χ2n) is 9.96. The van der Waals surface area contributed by atoms with Crippen LogP contribution in [-0.4, -0.2) is 58.0 Å². The van der Waals surface area contributed by atoms with Gasteiger partial charge in [-0.15, -0.1) is 0 Å². The van der Waals surface area contributed by atoms with Crippen LogP contribution in [0.2, 0.25) is 5.02 Å². The fraction of sp³-hybridized carbons (Fsp3) is 0.565. The molecule has 1 aliphatic heterocycles. The molecule has 1 aliphatic carbocycles. The van der Waals surface area contributed by atoms with Crippen LogP contribution in [-0.2, 0) is 7.05 Å². The van der Waals surface area contributed by atoms with Crippen molar-refractivity contribution < 1.29 is 0 Å². The molecule has 0 unspecified atom stereocenters. The predicted molar refractivity (Wildman–Crippen MR) is 132 cm³/mol. The maximum Gasteiger partial charge on any atom is 0.266 e. The van der Waals surface area contributed by atoms with Crippen LogP contribution in [0, 0.1) is 11.3 Å². The minimum atomic E-state index is -0.149. The molecular formula is C23H31ClN8O. The van der Waals surface area contributed by atoms with Gasteiger partial charge in [0.2, 0.25) is 5.95 Å². The molecule has 10 heteroatoms. The lowest BCUT2D eigenvalue weighted by molar-refractivity contribution is 0.192. The molecule has 0 aromatic carbocycles. The Bertz CT molecular complexity index is 1260. The third-order valence-electron chi connectivity index (χ3n) is 7.57. The minimum Gasteiger partial charge on any atom is -0.361 e. The summed E-state index contributed by atoms with van der Waals surface area (Å²) in [6.07, 6.45) is 6.02. The quantitative estimate of drug-likeness (QED) is 0.605. The zero-order valence-electron chi connectivity index (χ0n) is 19.6. The van der Waals surface area contributed by atoms with Crippen LogP contribution >= 0.6 is 11.6 Å². The number of pyridine rings is 1. The first-order chi connectivity index (χ1) is 15.7. The van der Waals surface area contributed by atoms with E-state index in [9.17, 15) is 4.79 Å². The highest BCUT2D eigenvalue weighted by molar-refractivity contribution is 6.36. The summed E-state index contributed by atoms with van der Waals surface area (Å²) >= 11 is 6.62. The monoisotopic (exact) mass is 470 g/mol. The van der Waals surface area contributed by atoms with Crippen molar-refractivity contribution >= 4 is 34.4 Å². The molecule has 4 heterocycles. The Morgan fingerprint density at radius 3 is 2.67 bits per heavy atom. The molecule has 3 aromatic rings. The molecule has 1 spiro atoms. The number of rotatable bonds is 3. The Labute approximate surface area is 197 Å². The Morgan fingerprint density at radius 1 is 1.30 bits per heavy atom. The number of halogens is 1. The molecule has 2 aliphatic rings. The number of aromatic amines is 1. The average Bonchev–Trinajstić information content (AvgIpc) is 3.32. The van der Waals surface area contributed by atoms with Gasteiger partial charge >= 0.3 is 0 Å². The average molecular weight is 471 g/mol. The molecule has 0 bridgehead atoms. The van der Waals surface area contributed by atoms with E-state index < -0.39 is 0 Å². The van der Waals surface area contributed by atoms with E-state index in [0.717, 1.165) is 32.4 Å². The summed E-state index contributed by atoms with van der Waals surface area (Å²) in [4.78, 5) is 26.6. The number of hydrogen-bond acceptors (Lipinski definition) is 7. The van der Waals surface area contributed by atoms with Crippen LogP contribution in [0.3, 0.4) is 0 Å². The molecule has 33 heavy (non-hydrogen) atoms. The zero-order valence-corrected chi connectivity index (χ0v) is 20.4. The molecule has 0 amide bonds. The summed E-state index contributed by atoms with van der Waals surface area (Å²) in [5.74, 6) is 1.96. The third kappa shape index (κ3) is 3.49. The third-order valence-corrected chi connectivity index (χ3v) is 7.94. The molecule has 9 nitrogen and oxygen atoms in total. The smallest absolute Gasteiger partial charge is 0.266 e. The summed E-state index contributed by atoms with van der Waals surface area (Å²) in [5.41, 5.74) is 8.21. The first-order valence-corrected chi connectivity index (χ1v) is 11.9. The number of nitrogens with one attached hydrogen (secondary N) is 1. The van der Waals surface area contributed by atoms with E-state index in [0.29, 0.717) is 45.0 Å². The lowest BCUT2D eigenvalue weighted by Gasteiger charge is -2.42. The Hall–Kier alpha value is -2.65. The van der Waals surface area contributed by atoms with Crippen molar-refractivity contribution in [2.45, 2.75) is 38.6 Å². The van der Waals surface area contributed by atoms with Gasteiger partial charge in [-0.25, -0.2) is 4.98 Å². The van der Waals surface area contributed by atoms with E-state index in [4.69, 9.17) is 22.3 Å². The molecular weight excluding hydrogens is 440 g/mol. The molecule has 3 aromatic heterocycles. The van der Waals surface area contributed by atoms with E-state index in [1.54, 1.807) is 23.9 Å². The zero-order chi connectivity index (χ0) is 23.5. The fourth-order valence-electron chi connectivity index (χ4n) is 5.79. The second kappa shape index (κ2) is 7.99. The van der Waals surface area contributed by atoms with Crippen molar-refractivity contribution in [3.8, 4) is 11.3 Å². The van der Waals surface area contributed by atoms with E-state index in [1.807, 2.05) is 19.0 Å². The van der Waals surface area contributed by atoms with Gasteiger partial charge in [-0.2, -0.15) is 10.1 Å². The molecule has 0 radical (unpaired) electrons. The number of aromatic nitrogens is 5. The Morgan fingerprint density at radius 2 is 2.03 bits per heavy atom. The Balaban J connectivity index is 1.51. The number of piperidine rings is 1. The summed E-state index contributed by atoms with van der Waals surface area (Å²) in [7, 11) is 5.51. The lowest BCUT2D eigenvalue weighted by atomic mass is 9.74. The van der Waals surface area contributed by atoms with E-state index in [2.05, 4.69) is 27.0 Å². The predicted octanol–water partition coefficient (Wildman–Crippen LogP) is 2.78. The van der Waals surface area contributed by atoms with Gasteiger partial charge in [-0.05, 0) is 43.1 Å². The molecule has 3 N–H and O–H groups in total. The highest BCUT2D eigenvalue weighted by Crippen LogP contribution is 2.48. The van der Waals surface area contributed by atoms with Crippen molar-refractivity contribution in [1.82, 2.24) is 24.7 Å². The SMILES string of the molecule is C[C@H]1C[C@@H](N)C2(CCN(c3nc4[nH]nc(-c5ccnc(N(C)C)c5Cl)c4c(=O)n3C)CC2)C1.